The zero-order valence-corrected chi connectivity index (χ0v) is 12.1. The molecule has 4 atom stereocenters. The molecule has 1 saturated heterocycles. The topological polar surface area (TPSA) is 125 Å². The Hall–Kier alpha value is -1.74. The number of alkyl halides is 1. The Kier molecular flexibility index (Phi) is 4.25. The van der Waals surface area contributed by atoms with Crippen LogP contribution in [0.25, 0.3) is 11.2 Å². The van der Waals surface area contributed by atoms with Gasteiger partial charge in [0.25, 0.3) is 0 Å². The van der Waals surface area contributed by atoms with E-state index in [1.807, 2.05) is 0 Å². The highest BCUT2D eigenvalue weighted by molar-refractivity contribution is 7.23. The highest BCUT2D eigenvalue weighted by atomic mass is 31.1. The first kappa shape index (κ1) is 15.2. The lowest BCUT2D eigenvalue weighted by atomic mass is 10.1. The largest absolute Gasteiger partial charge is 0.385 e. The highest BCUT2D eigenvalue weighted by Gasteiger charge is 2.45. The molecule has 3 N–H and O–H groups in total. The smallest absolute Gasteiger partial charge is 0.183 e. The number of anilines is 1. The zero-order chi connectivity index (χ0) is 15.7. The lowest BCUT2D eigenvalue weighted by Crippen LogP contribution is -2.30. The number of aliphatic hydroxyl groups is 1. The van der Waals surface area contributed by atoms with Crippen molar-refractivity contribution in [3.05, 3.63) is 12.7 Å². The van der Waals surface area contributed by atoms with Crippen molar-refractivity contribution in [2.45, 2.75) is 24.6 Å². The Bertz CT molecular complexity index is 686. The maximum Gasteiger partial charge on any atom is 0.183 e. The second-order valence-electron chi connectivity index (χ2n) is 4.71. The summed E-state index contributed by atoms with van der Waals surface area (Å²) in [4.78, 5) is 11.9. The molecule has 1 aliphatic rings. The summed E-state index contributed by atoms with van der Waals surface area (Å²) in [5.74, 6) is 0.183. The number of aromatic nitrogens is 4. The summed E-state index contributed by atoms with van der Waals surface area (Å²) in [7, 11) is -0.202. The maximum absolute atomic E-state index is 14.1. The average Bonchev–Trinajstić information content (AvgIpc) is 3.05. The van der Waals surface area contributed by atoms with Gasteiger partial charge in [-0.1, -0.05) is 0 Å². The Labute approximate surface area is 125 Å². The maximum atomic E-state index is 14.1. The fourth-order valence-electron chi connectivity index (χ4n) is 2.34. The van der Waals surface area contributed by atoms with Crippen LogP contribution in [0.1, 0.15) is 6.23 Å². The number of nitrogens with zero attached hydrogens (tertiary/aromatic N) is 4. The molecule has 4 unspecified atom stereocenters. The molecule has 2 aromatic heterocycles. The van der Waals surface area contributed by atoms with Crippen LogP contribution in [-0.4, -0.2) is 56.0 Å². The van der Waals surface area contributed by atoms with E-state index in [0.29, 0.717) is 11.2 Å². The van der Waals surface area contributed by atoms with Crippen molar-refractivity contribution < 1.29 is 23.5 Å². The van der Waals surface area contributed by atoms with E-state index in [2.05, 4.69) is 15.0 Å². The SMILES string of the molecule is Nc1ncnc2c1ncn2C1OC(COCP=O)C(F)C1O. The molecular formula is C11H13FN5O4P. The molecule has 11 heteroatoms. The minimum absolute atomic E-state index is 0.0644. The van der Waals surface area contributed by atoms with Crippen molar-refractivity contribution in [1.82, 2.24) is 19.5 Å². The van der Waals surface area contributed by atoms with Gasteiger partial charge in [0, 0.05) is 0 Å². The molecule has 3 heterocycles. The van der Waals surface area contributed by atoms with E-state index in [1.54, 1.807) is 0 Å². The third-order valence-electron chi connectivity index (χ3n) is 3.38. The highest BCUT2D eigenvalue weighted by Crippen LogP contribution is 2.33. The van der Waals surface area contributed by atoms with Crippen molar-refractivity contribution in [2.75, 3.05) is 18.7 Å². The number of hydrogen-bond donors (Lipinski definition) is 2. The number of imidazole rings is 1. The molecule has 1 aliphatic heterocycles. The summed E-state index contributed by atoms with van der Waals surface area (Å²) in [5, 5.41) is 10.0. The van der Waals surface area contributed by atoms with Crippen LogP contribution in [0.2, 0.25) is 0 Å². The number of halogens is 1. The molecule has 0 saturated carbocycles. The summed E-state index contributed by atoms with van der Waals surface area (Å²) >= 11 is 0. The molecule has 9 nitrogen and oxygen atoms in total. The number of nitrogen functional groups attached to an aromatic ring is 1. The van der Waals surface area contributed by atoms with Gasteiger partial charge >= 0.3 is 0 Å². The normalized spacial score (nSPS) is 28.6. The van der Waals surface area contributed by atoms with E-state index in [1.165, 1.54) is 17.2 Å². The van der Waals surface area contributed by atoms with E-state index >= 15 is 0 Å². The van der Waals surface area contributed by atoms with Crippen LogP contribution in [0, 0.1) is 0 Å². The molecule has 22 heavy (non-hydrogen) atoms. The molecule has 0 aromatic carbocycles. The first-order valence-electron chi connectivity index (χ1n) is 6.41. The van der Waals surface area contributed by atoms with Gasteiger partial charge in [0.15, 0.2) is 32.3 Å². The average molecular weight is 329 g/mol. The molecule has 0 spiro atoms. The predicted octanol–water partition coefficient (Wildman–Crippen LogP) is 0.271. The molecule has 3 rings (SSSR count). The van der Waals surface area contributed by atoms with Crippen LogP contribution in [-0.2, 0) is 14.0 Å². The summed E-state index contributed by atoms with van der Waals surface area (Å²) < 4.78 is 36.3. The fourth-order valence-corrected chi connectivity index (χ4v) is 2.52. The molecule has 0 amide bonds. The van der Waals surface area contributed by atoms with Gasteiger partial charge in [-0.15, -0.1) is 0 Å². The van der Waals surface area contributed by atoms with E-state index in [4.69, 9.17) is 15.2 Å². The minimum Gasteiger partial charge on any atom is -0.385 e. The number of rotatable bonds is 5. The minimum atomic E-state index is -1.65. The monoisotopic (exact) mass is 329 g/mol. The van der Waals surface area contributed by atoms with Gasteiger partial charge in [0.2, 0.25) is 0 Å². The molecule has 118 valence electrons. The Morgan fingerprint density at radius 1 is 1.50 bits per heavy atom. The standard InChI is InChI=1S/C11H13FN5O4P/c12-6-5(1-20-4-22-19)21-11(8(6)18)17-3-16-7-9(13)14-2-15-10(7)17/h2-3,5-6,8,11,18H,1,4H2,(H2,13,14,15). The molecule has 2 aromatic rings. The van der Waals surface area contributed by atoms with Crippen molar-refractivity contribution >= 4 is 25.4 Å². The lowest BCUT2D eigenvalue weighted by molar-refractivity contribution is -0.0573. The number of ether oxygens (including phenoxy) is 2. The van der Waals surface area contributed by atoms with Crippen molar-refractivity contribution in [3.63, 3.8) is 0 Å². The van der Waals surface area contributed by atoms with Gasteiger partial charge in [0.1, 0.15) is 30.4 Å². The Morgan fingerprint density at radius 2 is 2.32 bits per heavy atom. The van der Waals surface area contributed by atoms with Crippen LogP contribution >= 0.6 is 8.46 Å². The van der Waals surface area contributed by atoms with Crippen molar-refractivity contribution in [2.24, 2.45) is 0 Å². The summed E-state index contributed by atoms with van der Waals surface area (Å²) in [6, 6.07) is 0. The van der Waals surface area contributed by atoms with E-state index < -0.39 is 24.6 Å². The van der Waals surface area contributed by atoms with E-state index in [-0.39, 0.29) is 27.2 Å². The van der Waals surface area contributed by atoms with Gasteiger partial charge in [-0.25, -0.2) is 19.3 Å². The first-order chi connectivity index (χ1) is 10.6. The van der Waals surface area contributed by atoms with Crippen LogP contribution < -0.4 is 5.73 Å². The van der Waals surface area contributed by atoms with Crippen LogP contribution in [0.4, 0.5) is 10.2 Å². The predicted molar refractivity (Wildman–Crippen MR) is 73.0 cm³/mol. The number of nitrogens with two attached hydrogens (primary N) is 1. The van der Waals surface area contributed by atoms with E-state index in [0.717, 1.165) is 0 Å². The summed E-state index contributed by atoms with van der Waals surface area (Å²) in [6.45, 7) is -0.117. The first-order valence-corrected chi connectivity index (χ1v) is 7.40. The number of fused-ring (bicyclic) bond motifs is 1. The van der Waals surface area contributed by atoms with Crippen LogP contribution in [0.15, 0.2) is 12.7 Å². The van der Waals surface area contributed by atoms with E-state index in [9.17, 15) is 14.1 Å². The quantitative estimate of drug-likeness (QED) is 0.591. The molecule has 0 radical (unpaired) electrons. The van der Waals surface area contributed by atoms with Crippen molar-refractivity contribution in [3.8, 4) is 0 Å². The summed E-state index contributed by atoms with van der Waals surface area (Å²) in [5.41, 5.74) is 6.37. The van der Waals surface area contributed by atoms with Crippen LogP contribution in [0.5, 0.6) is 0 Å². The Balaban J connectivity index is 1.84. The van der Waals surface area contributed by atoms with Gasteiger partial charge in [-0.05, 0) is 0 Å². The van der Waals surface area contributed by atoms with Gasteiger partial charge < -0.3 is 20.3 Å². The zero-order valence-electron chi connectivity index (χ0n) is 11.2. The van der Waals surface area contributed by atoms with Crippen molar-refractivity contribution in [1.29, 1.82) is 0 Å². The van der Waals surface area contributed by atoms with Gasteiger partial charge in [0.05, 0.1) is 12.9 Å². The second-order valence-corrected chi connectivity index (χ2v) is 5.23. The third kappa shape index (κ3) is 2.54. The van der Waals surface area contributed by atoms with Gasteiger partial charge in [-0.2, -0.15) is 0 Å². The molecular weight excluding hydrogens is 316 g/mol. The Morgan fingerprint density at radius 3 is 3.09 bits per heavy atom. The third-order valence-corrected chi connectivity index (χ3v) is 3.66. The van der Waals surface area contributed by atoms with Crippen LogP contribution in [0.3, 0.4) is 0 Å². The lowest BCUT2D eigenvalue weighted by Gasteiger charge is -2.16. The second kappa shape index (κ2) is 6.17. The number of aliphatic hydroxyl groups excluding tert-OH is 1. The summed E-state index contributed by atoms with van der Waals surface area (Å²) in [6.07, 6.45) is -2.50. The van der Waals surface area contributed by atoms with Gasteiger partial charge in [-0.3, -0.25) is 9.13 Å². The molecule has 0 aliphatic carbocycles. The molecule has 0 bridgehead atoms. The molecule has 1 fully saturated rings. The number of hydrogen-bond acceptors (Lipinski definition) is 8. The fraction of sp³-hybridized carbons (Fsp3) is 0.545.